The van der Waals surface area contributed by atoms with E-state index in [4.69, 9.17) is 0 Å². The standard InChI is InChI=1S/C23H41NO3/c1-4-7-8-9-10-11-12-13-14-15-16-17-18-19-20-21(5-2)23(26)24-27-22(25)6-3/h6,13-14,21H,3-5,7-12,15-20H2,1-2H3,(H,24,26)/b14-13-. The van der Waals surface area contributed by atoms with Crippen LogP contribution in [0.4, 0.5) is 0 Å². The summed E-state index contributed by atoms with van der Waals surface area (Å²) in [4.78, 5) is 27.5. The van der Waals surface area contributed by atoms with Crippen LogP contribution in [-0.2, 0) is 14.4 Å². The molecule has 0 aromatic carbocycles. The van der Waals surface area contributed by atoms with Gasteiger partial charge in [-0.2, -0.15) is 5.48 Å². The first kappa shape index (κ1) is 25.4. The van der Waals surface area contributed by atoms with Crippen molar-refractivity contribution in [3.8, 4) is 0 Å². The zero-order chi connectivity index (χ0) is 20.2. The Morgan fingerprint density at radius 3 is 2.00 bits per heavy atom. The summed E-state index contributed by atoms with van der Waals surface area (Å²) in [5.41, 5.74) is 2.22. The molecule has 0 aromatic heterocycles. The van der Waals surface area contributed by atoms with E-state index in [0.717, 1.165) is 38.2 Å². The van der Waals surface area contributed by atoms with Gasteiger partial charge in [0.05, 0.1) is 0 Å². The van der Waals surface area contributed by atoms with Crippen LogP contribution in [0.1, 0.15) is 104 Å². The van der Waals surface area contributed by atoms with Crippen molar-refractivity contribution in [3.05, 3.63) is 24.8 Å². The highest BCUT2D eigenvalue weighted by atomic mass is 16.7. The molecule has 1 unspecified atom stereocenters. The zero-order valence-corrected chi connectivity index (χ0v) is 17.6. The lowest BCUT2D eigenvalue weighted by atomic mass is 9.97. The molecule has 1 atom stereocenters. The molecule has 0 fully saturated rings. The predicted octanol–water partition coefficient (Wildman–Crippen LogP) is 6.42. The molecular formula is C23H41NO3. The van der Waals surface area contributed by atoms with Crippen molar-refractivity contribution in [1.29, 1.82) is 0 Å². The molecule has 0 saturated heterocycles. The third kappa shape index (κ3) is 16.3. The van der Waals surface area contributed by atoms with Crippen LogP contribution in [-0.4, -0.2) is 11.9 Å². The number of hydrogen-bond acceptors (Lipinski definition) is 3. The van der Waals surface area contributed by atoms with Gasteiger partial charge in [-0.15, -0.1) is 0 Å². The van der Waals surface area contributed by atoms with E-state index in [1.165, 1.54) is 57.8 Å². The number of unbranched alkanes of at least 4 members (excludes halogenated alkanes) is 10. The van der Waals surface area contributed by atoms with Crippen LogP contribution in [0, 0.1) is 5.92 Å². The Balaban J connectivity index is 3.55. The van der Waals surface area contributed by atoms with Crippen molar-refractivity contribution in [2.75, 3.05) is 0 Å². The highest BCUT2D eigenvalue weighted by Gasteiger charge is 2.16. The van der Waals surface area contributed by atoms with Gasteiger partial charge in [-0.3, -0.25) is 4.79 Å². The molecule has 0 spiro atoms. The van der Waals surface area contributed by atoms with E-state index in [9.17, 15) is 9.59 Å². The number of hydrogen-bond donors (Lipinski definition) is 1. The van der Waals surface area contributed by atoms with Crippen LogP contribution in [0.25, 0.3) is 0 Å². The van der Waals surface area contributed by atoms with Crippen molar-refractivity contribution in [2.45, 2.75) is 104 Å². The number of rotatable bonds is 17. The maximum absolute atomic E-state index is 11.9. The van der Waals surface area contributed by atoms with Gasteiger partial charge in [0.25, 0.3) is 5.91 Å². The van der Waals surface area contributed by atoms with Gasteiger partial charge in [0.1, 0.15) is 0 Å². The fourth-order valence-corrected chi connectivity index (χ4v) is 3.03. The molecule has 0 aliphatic carbocycles. The summed E-state index contributed by atoms with van der Waals surface area (Å²) in [5.74, 6) is -0.951. The first-order chi connectivity index (χ1) is 13.2. The number of carbonyl (C=O) groups is 2. The lowest BCUT2D eigenvalue weighted by Crippen LogP contribution is -2.32. The molecule has 4 heteroatoms. The highest BCUT2D eigenvalue weighted by molar-refractivity contribution is 5.84. The molecule has 156 valence electrons. The zero-order valence-electron chi connectivity index (χ0n) is 17.6. The fourth-order valence-electron chi connectivity index (χ4n) is 3.03. The fraction of sp³-hybridized carbons (Fsp3) is 0.739. The Morgan fingerprint density at radius 2 is 1.44 bits per heavy atom. The Labute approximate surface area is 166 Å². The molecule has 1 amide bonds. The molecule has 0 aliphatic heterocycles. The molecule has 0 saturated carbocycles. The quantitative estimate of drug-likeness (QED) is 0.137. The summed E-state index contributed by atoms with van der Waals surface area (Å²) in [6.45, 7) is 7.53. The minimum Gasteiger partial charge on any atom is -0.336 e. The number of nitrogens with one attached hydrogen (secondary N) is 1. The average molecular weight is 380 g/mol. The molecule has 0 bridgehead atoms. The van der Waals surface area contributed by atoms with Crippen molar-refractivity contribution in [2.24, 2.45) is 5.92 Å². The normalized spacial score (nSPS) is 12.1. The molecule has 1 N–H and O–H groups in total. The lowest BCUT2D eigenvalue weighted by Gasteiger charge is -2.13. The first-order valence-electron chi connectivity index (χ1n) is 10.9. The lowest BCUT2D eigenvalue weighted by molar-refractivity contribution is -0.155. The molecular weight excluding hydrogens is 338 g/mol. The molecule has 27 heavy (non-hydrogen) atoms. The highest BCUT2D eigenvalue weighted by Crippen LogP contribution is 2.15. The summed E-state index contributed by atoms with van der Waals surface area (Å²) in [5, 5.41) is 0. The molecule has 4 nitrogen and oxygen atoms in total. The van der Waals surface area contributed by atoms with Crippen molar-refractivity contribution >= 4 is 11.9 Å². The number of hydroxylamine groups is 1. The van der Waals surface area contributed by atoms with E-state index in [-0.39, 0.29) is 11.8 Å². The smallest absolute Gasteiger partial charge is 0.336 e. The maximum atomic E-state index is 11.9. The van der Waals surface area contributed by atoms with E-state index in [1.807, 2.05) is 6.92 Å². The van der Waals surface area contributed by atoms with Gasteiger partial charge in [-0.25, -0.2) is 4.79 Å². The topological polar surface area (TPSA) is 55.4 Å². The van der Waals surface area contributed by atoms with Crippen LogP contribution in [0.5, 0.6) is 0 Å². The van der Waals surface area contributed by atoms with Crippen LogP contribution in [0.2, 0.25) is 0 Å². The van der Waals surface area contributed by atoms with Crippen LogP contribution < -0.4 is 5.48 Å². The van der Waals surface area contributed by atoms with Gasteiger partial charge in [-0.1, -0.05) is 83.9 Å². The van der Waals surface area contributed by atoms with Crippen molar-refractivity contribution < 1.29 is 14.4 Å². The third-order valence-corrected chi connectivity index (χ3v) is 4.85. The van der Waals surface area contributed by atoms with Crippen molar-refractivity contribution in [1.82, 2.24) is 5.48 Å². The second-order valence-electron chi connectivity index (χ2n) is 7.22. The predicted molar refractivity (Wildman–Crippen MR) is 113 cm³/mol. The van der Waals surface area contributed by atoms with E-state index in [0.29, 0.717) is 0 Å². The minimum absolute atomic E-state index is 0.0974. The second kappa shape index (κ2) is 19.2. The molecule has 0 heterocycles. The number of carbonyl (C=O) groups excluding carboxylic acids is 2. The Bertz CT molecular complexity index is 418. The third-order valence-electron chi connectivity index (χ3n) is 4.85. The molecule has 0 aromatic rings. The van der Waals surface area contributed by atoms with E-state index in [1.54, 1.807) is 0 Å². The monoisotopic (exact) mass is 379 g/mol. The second-order valence-corrected chi connectivity index (χ2v) is 7.22. The van der Waals surface area contributed by atoms with Gasteiger partial charge in [-0.05, 0) is 38.5 Å². The summed E-state index contributed by atoms with van der Waals surface area (Å²) in [6, 6.07) is 0. The summed E-state index contributed by atoms with van der Waals surface area (Å²) in [7, 11) is 0. The van der Waals surface area contributed by atoms with Crippen LogP contribution in [0.15, 0.2) is 24.8 Å². The first-order valence-corrected chi connectivity index (χ1v) is 10.9. The summed E-state index contributed by atoms with van der Waals surface area (Å²) >= 11 is 0. The van der Waals surface area contributed by atoms with Gasteiger partial charge in [0.2, 0.25) is 0 Å². The van der Waals surface area contributed by atoms with E-state index >= 15 is 0 Å². The summed E-state index contributed by atoms with van der Waals surface area (Å²) in [6.07, 6.45) is 22.4. The molecule has 0 aliphatic rings. The van der Waals surface area contributed by atoms with E-state index < -0.39 is 5.97 Å². The number of amides is 1. The Hall–Kier alpha value is -1.58. The van der Waals surface area contributed by atoms with E-state index in [2.05, 4.69) is 36.0 Å². The molecule has 0 radical (unpaired) electrons. The van der Waals surface area contributed by atoms with Crippen LogP contribution in [0.3, 0.4) is 0 Å². The van der Waals surface area contributed by atoms with Gasteiger partial charge >= 0.3 is 5.97 Å². The number of allylic oxidation sites excluding steroid dienone is 2. The summed E-state index contributed by atoms with van der Waals surface area (Å²) < 4.78 is 0. The van der Waals surface area contributed by atoms with Crippen molar-refractivity contribution in [3.63, 3.8) is 0 Å². The van der Waals surface area contributed by atoms with Gasteiger partial charge < -0.3 is 4.84 Å². The Morgan fingerprint density at radius 1 is 0.889 bits per heavy atom. The minimum atomic E-state index is -0.636. The molecule has 0 rings (SSSR count). The van der Waals surface area contributed by atoms with Crippen LogP contribution >= 0.6 is 0 Å². The largest absolute Gasteiger partial charge is 0.355 e. The van der Waals surface area contributed by atoms with Gasteiger partial charge in [0.15, 0.2) is 0 Å². The maximum Gasteiger partial charge on any atom is 0.355 e. The average Bonchev–Trinajstić information content (AvgIpc) is 2.68. The Kier molecular flexibility index (Phi) is 18.1. The SMILES string of the molecule is C=CC(=O)ONC(=O)C(CC)CCCCCC/C=C\CCCCCCCC. The van der Waals surface area contributed by atoms with Gasteiger partial charge in [0, 0.05) is 12.0 Å².